The Kier molecular flexibility index (Phi) is 4.96. The number of aryl methyl sites for hydroxylation is 2. The molecule has 2 aromatic rings. The van der Waals surface area contributed by atoms with Gasteiger partial charge in [-0.15, -0.1) is 0 Å². The second kappa shape index (κ2) is 6.42. The highest BCUT2D eigenvalue weighted by Crippen LogP contribution is 2.28. The van der Waals surface area contributed by atoms with E-state index in [4.69, 9.17) is 0 Å². The molecule has 0 atom stereocenters. The van der Waals surface area contributed by atoms with Crippen molar-refractivity contribution in [2.75, 3.05) is 0 Å². The van der Waals surface area contributed by atoms with E-state index in [0.717, 1.165) is 6.42 Å². The van der Waals surface area contributed by atoms with Crippen LogP contribution < -0.4 is 5.19 Å². The monoisotopic (exact) mass is 310 g/mol. The highest BCUT2D eigenvalue weighted by molar-refractivity contribution is 6.88. The fourth-order valence-electron chi connectivity index (χ4n) is 2.78. The first-order valence-corrected chi connectivity index (χ1v) is 11.8. The molecule has 1 heteroatoms. The normalized spacial score (nSPS) is 12.5. The molecule has 0 aromatic heterocycles. The van der Waals surface area contributed by atoms with Gasteiger partial charge in [0.05, 0.1) is 8.07 Å². The maximum Gasteiger partial charge on any atom is 0.0775 e. The molecule has 2 aromatic carbocycles. The van der Waals surface area contributed by atoms with Gasteiger partial charge in [0, 0.05) is 0 Å². The third kappa shape index (κ3) is 4.33. The minimum atomic E-state index is -1.17. The molecule has 0 saturated heterocycles. The highest BCUT2D eigenvalue weighted by Gasteiger charge is 2.20. The minimum Gasteiger partial charge on any atom is -0.0656 e. The predicted octanol–water partition coefficient (Wildman–Crippen LogP) is 5.45. The number of rotatable bonds is 5. The van der Waals surface area contributed by atoms with Gasteiger partial charge in [-0.3, -0.25) is 0 Å². The third-order valence-corrected chi connectivity index (χ3v) is 6.76. The van der Waals surface area contributed by atoms with Gasteiger partial charge in [0.2, 0.25) is 0 Å². The minimum absolute atomic E-state index is 0.227. The van der Waals surface area contributed by atoms with Crippen molar-refractivity contribution in [3.8, 4) is 0 Å². The molecule has 0 aliphatic carbocycles. The lowest BCUT2D eigenvalue weighted by atomic mass is 9.79. The lowest BCUT2D eigenvalue weighted by molar-refractivity contribution is 0.480. The zero-order valence-corrected chi connectivity index (χ0v) is 16.0. The second-order valence-electron chi connectivity index (χ2n) is 8.20. The van der Waals surface area contributed by atoms with Crippen molar-refractivity contribution in [2.45, 2.75) is 58.7 Å². The Morgan fingerprint density at radius 1 is 0.818 bits per heavy atom. The summed E-state index contributed by atoms with van der Waals surface area (Å²) in [5.74, 6) is 0. The smallest absolute Gasteiger partial charge is 0.0656 e. The summed E-state index contributed by atoms with van der Waals surface area (Å²) >= 11 is 0. The van der Waals surface area contributed by atoms with E-state index in [0.29, 0.717) is 0 Å². The summed E-state index contributed by atoms with van der Waals surface area (Å²) in [5, 5.41) is 1.55. The van der Waals surface area contributed by atoms with E-state index >= 15 is 0 Å². The van der Waals surface area contributed by atoms with Crippen LogP contribution in [0, 0.1) is 6.92 Å². The number of hydrogen-bond donors (Lipinski definition) is 0. The van der Waals surface area contributed by atoms with E-state index in [1.807, 2.05) is 0 Å². The summed E-state index contributed by atoms with van der Waals surface area (Å²) in [6.45, 7) is 14.1. The van der Waals surface area contributed by atoms with Gasteiger partial charge < -0.3 is 0 Å². The average Bonchev–Trinajstić information content (AvgIpc) is 2.45. The van der Waals surface area contributed by atoms with Crippen molar-refractivity contribution >= 4 is 13.3 Å². The Morgan fingerprint density at radius 2 is 1.36 bits per heavy atom. The molecule has 0 aliphatic heterocycles. The van der Waals surface area contributed by atoms with E-state index in [1.165, 1.54) is 23.1 Å². The standard InChI is InChI=1S/C21H30Si/c1-17-7-11-19(12-8-17)21(2,3)16-15-18-9-13-20(14-10-18)22(4,5)6/h7-14H,15-16H2,1-6H3. The van der Waals surface area contributed by atoms with Crippen LogP contribution >= 0.6 is 0 Å². The molecular formula is C21H30Si. The first-order chi connectivity index (χ1) is 10.2. The van der Waals surface area contributed by atoms with Crippen LogP contribution in [0.25, 0.3) is 0 Å². The maximum absolute atomic E-state index is 2.41. The van der Waals surface area contributed by atoms with E-state index in [9.17, 15) is 0 Å². The summed E-state index contributed by atoms with van der Waals surface area (Å²) in [4.78, 5) is 0. The molecule has 0 N–H and O–H groups in total. The Balaban J connectivity index is 2.04. The van der Waals surface area contributed by atoms with Crippen LogP contribution in [-0.4, -0.2) is 8.07 Å². The van der Waals surface area contributed by atoms with Gasteiger partial charge in [-0.2, -0.15) is 0 Å². The molecule has 118 valence electrons. The molecule has 0 bridgehead atoms. The van der Waals surface area contributed by atoms with E-state index in [1.54, 1.807) is 5.19 Å². The van der Waals surface area contributed by atoms with Crippen molar-refractivity contribution in [2.24, 2.45) is 0 Å². The molecule has 0 fully saturated rings. The van der Waals surface area contributed by atoms with Crippen molar-refractivity contribution < 1.29 is 0 Å². The molecular weight excluding hydrogens is 280 g/mol. The molecule has 0 radical (unpaired) electrons. The van der Waals surface area contributed by atoms with E-state index in [-0.39, 0.29) is 5.41 Å². The van der Waals surface area contributed by atoms with Crippen LogP contribution in [0.4, 0.5) is 0 Å². The Bertz CT molecular complexity index is 598. The average molecular weight is 311 g/mol. The van der Waals surface area contributed by atoms with Crippen molar-refractivity contribution in [3.05, 3.63) is 65.2 Å². The van der Waals surface area contributed by atoms with Gasteiger partial charge in [-0.05, 0) is 36.3 Å². The van der Waals surface area contributed by atoms with Crippen LogP contribution in [0.1, 0.15) is 37.0 Å². The van der Waals surface area contributed by atoms with Gasteiger partial charge in [0.25, 0.3) is 0 Å². The van der Waals surface area contributed by atoms with E-state index in [2.05, 4.69) is 88.9 Å². The van der Waals surface area contributed by atoms with Gasteiger partial charge in [-0.1, -0.05) is 92.8 Å². The van der Waals surface area contributed by atoms with Crippen molar-refractivity contribution in [1.29, 1.82) is 0 Å². The SMILES string of the molecule is Cc1ccc(C(C)(C)CCc2ccc([Si](C)(C)C)cc2)cc1. The fraction of sp³-hybridized carbons (Fsp3) is 0.429. The van der Waals surface area contributed by atoms with Gasteiger partial charge >= 0.3 is 0 Å². The first-order valence-electron chi connectivity index (χ1n) is 8.35. The maximum atomic E-state index is 2.41. The van der Waals surface area contributed by atoms with Crippen LogP contribution in [0.2, 0.25) is 19.6 Å². The molecule has 0 nitrogen and oxygen atoms in total. The predicted molar refractivity (Wildman–Crippen MR) is 102 cm³/mol. The summed E-state index contributed by atoms with van der Waals surface area (Å²) in [6, 6.07) is 18.4. The Labute approximate surface area is 137 Å². The van der Waals surface area contributed by atoms with Crippen LogP contribution in [0.5, 0.6) is 0 Å². The first kappa shape index (κ1) is 17.0. The van der Waals surface area contributed by atoms with Gasteiger partial charge in [-0.25, -0.2) is 0 Å². The topological polar surface area (TPSA) is 0 Å². The zero-order chi connectivity index (χ0) is 16.4. The summed E-state index contributed by atoms with van der Waals surface area (Å²) in [5.41, 5.74) is 4.46. The molecule has 0 heterocycles. The number of hydrogen-bond acceptors (Lipinski definition) is 0. The van der Waals surface area contributed by atoms with Crippen LogP contribution in [-0.2, 0) is 11.8 Å². The second-order valence-corrected chi connectivity index (χ2v) is 13.3. The summed E-state index contributed by atoms with van der Waals surface area (Å²) in [7, 11) is -1.17. The molecule has 0 aliphatic rings. The number of benzene rings is 2. The zero-order valence-electron chi connectivity index (χ0n) is 15.0. The van der Waals surface area contributed by atoms with Crippen LogP contribution in [0.15, 0.2) is 48.5 Å². The van der Waals surface area contributed by atoms with Crippen molar-refractivity contribution in [3.63, 3.8) is 0 Å². The lowest BCUT2D eigenvalue weighted by Gasteiger charge is -2.26. The van der Waals surface area contributed by atoms with Crippen molar-refractivity contribution in [1.82, 2.24) is 0 Å². The lowest BCUT2D eigenvalue weighted by Crippen LogP contribution is -2.37. The molecule has 0 saturated carbocycles. The largest absolute Gasteiger partial charge is 0.0775 e. The molecule has 22 heavy (non-hydrogen) atoms. The summed E-state index contributed by atoms with van der Waals surface area (Å²) < 4.78 is 0. The summed E-state index contributed by atoms with van der Waals surface area (Å²) in [6.07, 6.45) is 2.33. The Morgan fingerprint density at radius 3 is 1.86 bits per heavy atom. The fourth-order valence-corrected chi connectivity index (χ4v) is 3.94. The Hall–Kier alpha value is -1.34. The molecule has 0 unspecified atom stereocenters. The molecule has 2 rings (SSSR count). The highest BCUT2D eigenvalue weighted by atomic mass is 28.3. The quantitative estimate of drug-likeness (QED) is 0.644. The van der Waals surface area contributed by atoms with E-state index < -0.39 is 8.07 Å². The molecule has 0 amide bonds. The van der Waals surface area contributed by atoms with Gasteiger partial charge in [0.1, 0.15) is 0 Å². The van der Waals surface area contributed by atoms with Gasteiger partial charge in [0.15, 0.2) is 0 Å². The third-order valence-electron chi connectivity index (χ3n) is 4.69. The molecule has 0 spiro atoms. The van der Waals surface area contributed by atoms with Crippen LogP contribution in [0.3, 0.4) is 0 Å².